The van der Waals surface area contributed by atoms with Crippen LogP contribution < -0.4 is 0 Å². The van der Waals surface area contributed by atoms with E-state index in [-0.39, 0.29) is 27.5 Å². The fourth-order valence-corrected chi connectivity index (χ4v) is 2.83. The van der Waals surface area contributed by atoms with Crippen molar-refractivity contribution in [2.24, 2.45) is 0 Å². The smallest absolute Gasteiger partial charge is 0.336 e. The number of hydrogen-bond acceptors (Lipinski definition) is 3. The number of fused-ring (bicyclic) bond motifs is 1. The van der Waals surface area contributed by atoms with Crippen LogP contribution in [-0.4, -0.2) is 28.4 Å². The number of hydrogen-bond donors (Lipinski definition) is 2. The quantitative estimate of drug-likeness (QED) is 0.715. The number of carboxylic acid groups (broad SMARTS) is 2. The third kappa shape index (κ3) is 2.42. The first-order valence-corrected chi connectivity index (χ1v) is 7.11. The highest BCUT2D eigenvalue weighted by Crippen LogP contribution is 2.35. The summed E-state index contributed by atoms with van der Waals surface area (Å²) >= 11 is 0. The summed E-state index contributed by atoms with van der Waals surface area (Å²) in [5.74, 6) is -2.40. The molecule has 0 atom stereocenters. The second-order valence-corrected chi connectivity index (χ2v) is 5.21. The highest BCUT2D eigenvalue weighted by molar-refractivity contribution is 6.19. The van der Waals surface area contributed by atoms with Crippen LogP contribution in [0.25, 0.3) is 21.9 Å². The van der Waals surface area contributed by atoms with Gasteiger partial charge in [0.1, 0.15) is 0 Å². The lowest BCUT2D eigenvalue weighted by Gasteiger charge is -2.13. The topological polar surface area (TPSA) is 91.7 Å². The minimum Gasteiger partial charge on any atom is -0.478 e. The van der Waals surface area contributed by atoms with Gasteiger partial charge in [0.2, 0.25) is 0 Å². The molecule has 3 aromatic rings. The highest BCUT2D eigenvalue weighted by Gasteiger charge is 2.20. The van der Waals surface area contributed by atoms with Crippen LogP contribution in [0.1, 0.15) is 31.1 Å². The fourth-order valence-electron chi connectivity index (χ4n) is 2.83. The molecule has 0 saturated heterocycles. The Morgan fingerprint density at radius 1 is 0.750 bits per heavy atom. The van der Waals surface area contributed by atoms with Crippen LogP contribution in [0.3, 0.4) is 0 Å². The molecule has 5 heteroatoms. The van der Waals surface area contributed by atoms with Crippen molar-refractivity contribution in [2.75, 3.05) is 0 Å². The average molecular weight is 320 g/mol. The van der Waals surface area contributed by atoms with Crippen LogP contribution in [-0.2, 0) is 0 Å². The second-order valence-electron chi connectivity index (χ2n) is 5.21. The molecular weight excluding hydrogens is 308 g/mol. The van der Waals surface area contributed by atoms with E-state index in [9.17, 15) is 24.6 Å². The van der Waals surface area contributed by atoms with Gasteiger partial charge in [-0.1, -0.05) is 42.5 Å². The number of rotatable bonds is 4. The summed E-state index contributed by atoms with van der Waals surface area (Å²) in [6.07, 6.45) is 0.537. The summed E-state index contributed by atoms with van der Waals surface area (Å²) in [5, 5.41) is 19.3. The number of benzene rings is 3. The Morgan fingerprint density at radius 2 is 1.33 bits per heavy atom. The molecule has 0 spiro atoms. The van der Waals surface area contributed by atoms with Gasteiger partial charge in [-0.25, -0.2) is 9.59 Å². The summed E-state index contributed by atoms with van der Waals surface area (Å²) in [6, 6.07) is 14.7. The molecule has 0 amide bonds. The molecule has 0 aliphatic rings. The maximum absolute atomic E-state index is 11.6. The van der Waals surface area contributed by atoms with Crippen molar-refractivity contribution < 1.29 is 24.6 Å². The number of carbonyl (C=O) groups excluding carboxylic acids is 1. The van der Waals surface area contributed by atoms with E-state index in [4.69, 9.17) is 0 Å². The molecule has 0 fully saturated rings. The largest absolute Gasteiger partial charge is 0.478 e. The molecule has 0 radical (unpaired) electrons. The van der Waals surface area contributed by atoms with E-state index in [2.05, 4.69) is 0 Å². The van der Waals surface area contributed by atoms with Gasteiger partial charge in [-0.3, -0.25) is 4.79 Å². The lowest BCUT2D eigenvalue weighted by Crippen LogP contribution is -2.05. The Hall–Kier alpha value is -3.47. The molecule has 5 nitrogen and oxygen atoms in total. The van der Waals surface area contributed by atoms with E-state index >= 15 is 0 Å². The zero-order valence-corrected chi connectivity index (χ0v) is 12.4. The zero-order valence-electron chi connectivity index (χ0n) is 12.4. The molecule has 0 heterocycles. The van der Waals surface area contributed by atoms with Crippen LogP contribution in [0.4, 0.5) is 0 Å². The number of aromatic carboxylic acids is 2. The van der Waals surface area contributed by atoms with Gasteiger partial charge in [0.25, 0.3) is 0 Å². The Balaban J connectivity index is 2.56. The van der Waals surface area contributed by atoms with Gasteiger partial charge >= 0.3 is 11.9 Å². The van der Waals surface area contributed by atoms with Gasteiger partial charge in [-0.2, -0.15) is 0 Å². The molecule has 0 saturated carbocycles. The van der Waals surface area contributed by atoms with Crippen molar-refractivity contribution >= 4 is 29.0 Å². The zero-order chi connectivity index (χ0) is 17.3. The van der Waals surface area contributed by atoms with Crippen molar-refractivity contribution in [1.82, 2.24) is 0 Å². The maximum Gasteiger partial charge on any atom is 0.336 e. The predicted octanol–water partition coefficient (Wildman–Crippen LogP) is 3.72. The molecule has 3 rings (SSSR count). The normalized spacial score (nSPS) is 10.5. The van der Waals surface area contributed by atoms with Crippen molar-refractivity contribution in [2.45, 2.75) is 0 Å². The number of carbonyl (C=O) groups is 3. The van der Waals surface area contributed by atoms with Crippen LogP contribution >= 0.6 is 0 Å². The van der Waals surface area contributed by atoms with Crippen LogP contribution in [0.2, 0.25) is 0 Å². The van der Waals surface area contributed by atoms with Gasteiger partial charge in [0.05, 0.1) is 11.1 Å². The Bertz CT molecular complexity index is 974. The molecule has 0 aromatic heterocycles. The van der Waals surface area contributed by atoms with Gasteiger partial charge in [0, 0.05) is 16.3 Å². The summed E-state index contributed by atoms with van der Waals surface area (Å²) in [5.41, 5.74) is 1.30. The number of carboxylic acids is 2. The van der Waals surface area contributed by atoms with Gasteiger partial charge in [0.15, 0.2) is 6.29 Å². The van der Waals surface area contributed by atoms with Crippen LogP contribution in [0.15, 0.2) is 54.6 Å². The van der Waals surface area contributed by atoms with Crippen LogP contribution in [0, 0.1) is 0 Å². The van der Waals surface area contributed by atoms with E-state index in [1.54, 1.807) is 30.3 Å². The van der Waals surface area contributed by atoms with Crippen molar-refractivity contribution in [3.8, 4) is 11.1 Å². The van der Waals surface area contributed by atoms with Gasteiger partial charge in [-0.15, -0.1) is 0 Å². The molecule has 3 aromatic carbocycles. The summed E-state index contributed by atoms with van der Waals surface area (Å²) < 4.78 is 0. The molecule has 0 aliphatic carbocycles. The fraction of sp³-hybridized carbons (Fsp3) is 0. The summed E-state index contributed by atoms with van der Waals surface area (Å²) in [7, 11) is 0. The lowest BCUT2D eigenvalue weighted by atomic mass is 9.89. The molecular formula is C19H12O5. The highest BCUT2D eigenvalue weighted by atomic mass is 16.4. The first-order chi connectivity index (χ1) is 11.5. The molecule has 118 valence electrons. The van der Waals surface area contributed by atoms with Gasteiger partial charge < -0.3 is 10.2 Å². The van der Waals surface area contributed by atoms with E-state index < -0.39 is 11.9 Å². The summed E-state index contributed by atoms with van der Waals surface area (Å²) in [6.45, 7) is 0. The van der Waals surface area contributed by atoms with E-state index in [0.29, 0.717) is 11.8 Å². The van der Waals surface area contributed by atoms with Gasteiger partial charge in [-0.05, 0) is 23.3 Å². The SMILES string of the molecule is O=Cc1ccc(C(=O)O)c2c(-c3ccccc3)ccc(C(=O)O)c12. The standard InChI is InChI=1S/C19H12O5/c20-10-12-6-7-15(19(23)24)17-13(11-4-2-1-3-5-11)8-9-14(16(12)17)18(21)22/h1-10H,(H,21,22)(H,23,24). The van der Waals surface area contributed by atoms with Crippen LogP contribution in [0.5, 0.6) is 0 Å². The Labute approximate surface area is 136 Å². The molecule has 0 bridgehead atoms. The average Bonchev–Trinajstić information content (AvgIpc) is 2.60. The van der Waals surface area contributed by atoms with E-state index in [1.807, 2.05) is 6.07 Å². The Morgan fingerprint density at radius 3 is 1.92 bits per heavy atom. The molecule has 0 unspecified atom stereocenters. The maximum atomic E-state index is 11.6. The third-order valence-electron chi connectivity index (χ3n) is 3.87. The van der Waals surface area contributed by atoms with Crippen molar-refractivity contribution in [1.29, 1.82) is 0 Å². The van der Waals surface area contributed by atoms with Crippen molar-refractivity contribution in [3.63, 3.8) is 0 Å². The molecule has 2 N–H and O–H groups in total. The first-order valence-electron chi connectivity index (χ1n) is 7.11. The monoisotopic (exact) mass is 320 g/mol. The second kappa shape index (κ2) is 5.96. The number of aldehydes is 1. The van der Waals surface area contributed by atoms with E-state index in [0.717, 1.165) is 5.56 Å². The lowest BCUT2D eigenvalue weighted by molar-refractivity contribution is 0.0686. The predicted molar refractivity (Wildman–Crippen MR) is 88.7 cm³/mol. The van der Waals surface area contributed by atoms with E-state index in [1.165, 1.54) is 18.2 Å². The minimum atomic E-state index is -1.22. The molecule has 24 heavy (non-hydrogen) atoms. The summed E-state index contributed by atoms with van der Waals surface area (Å²) in [4.78, 5) is 34.6. The molecule has 0 aliphatic heterocycles. The Kier molecular flexibility index (Phi) is 3.83. The van der Waals surface area contributed by atoms with Crippen molar-refractivity contribution in [3.05, 3.63) is 71.3 Å². The third-order valence-corrected chi connectivity index (χ3v) is 3.87. The first kappa shape index (κ1) is 15.4. The minimum absolute atomic E-state index is 0.0439.